The molecule has 182 valence electrons. The molecule has 1 amide bonds. The first-order valence-electron chi connectivity index (χ1n) is 11.5. The lowest BCUT2D eigenvalue weighted by Gasteiger charge is -2.34. The van der Waals surface area contributed by atoms with E-state index < -0.39 is 23.1 Å². The van der Waals surface area contributed by atoms with Crippen LogP contribution < -0.4 is 0 Å². The van der Waals surface area contributed by atoms with Gasteiger partial charge in [0.1, 0.15) is 0 Å². The largest absolute Gasteiger partial charge is 0.465 e. The number of aryl methyl sites for hydroxylation is 2. The number of ether oxygens (including phenoxy) is 1. The Kier molecular flexibility index (Phi) is 6.69. The van der Waals surface area contributed by atoms with Gasteiger partial charge in [0, 0.05) is 13.1 Å². The van der Waals surface area contributed by atoms with Crippen LogP contribution in [0.2, 0.25) is 5.02 Å². The molecule has 1 saturated heterocycles. The molecule has 2 aliphatic rings. The number of rotatable bonds is 5. The van der Waals surface area contributed by atoms with Crippen molar-refractivity contribution < 1.29 is 27.5 Å². The minimum atomic E-state index is -4.57. The molecule has 1 unspecified atom stereocenters. The number of hydrogen-bond acceptors (Lipinski definition) is 3. The first-order chi connectivity index (χ1) is 16.1. The molecule has 1 heterocycles. The molecule has 8 heteroatoms. The first kappa shape index (κ1) is 24.6. The summed E-state index contributed by atoms with van der Waals surface area (Å²) in [5.74, 6) is -0.501. The van der Waals surface area contributed by atoms with Crippen molar-refractivity contribution in [3.05, 3.63) is 68.7 Å². The number of esters is 1. The van der Waals surface area contributed by atoms with Crippen LogP contribution in [0.25, 0.3) is 0 Å². The van der Waals surface area contributed by atoms with E-state index in [0.717, 1.165) is 17.2 Å². The molecule has 0 N–H and O–H groups in total. The zero-order chi connectivity index (χ0) is 24.7. The summed E-state index contributed by atoms with van der Waals surface area (Å²) in [6.45, 7) is 2.44. The van der Waals surface area contributed by atoms with E-state index in [0.29, 0.717) is 61.8 Å². The van der Waals surface area contributed by atoms with Crippen molar-refractivity contribution in [2.45, 2.75) is 58.2 Å². The average molecular weight is 494 g/mol. The lowest BCUT2D eigenvalue weighted by molar-refractivity contribution is -0.137. The number of benzene rings is 2. The Morgan fingerprint density at radius 3 is 2.68 bits per heavy atom. The Morgan fingerprint density at radius 1 is 1.24 bits per heavy atom. The molecule has 1 aliphatic heterocycles. The van der Waals surface area contributed by atoms with Crippen LogP contribution in [0.1, 0.15) is 64.4 Å². The second-order valence-corrected chi connectivity index (χ2v) is 9.61. The number of fused-ring (bicyclic) bond motifs is 1. The molecular weight excluding hydrogens is 467 g/mol. The van der Waals surface area contributed by atoms with Crippen LogP contribution >= 0.6 is 11.6 Å². The Bertz CT molecular complexity index is 1130. The molecule has 4 rings (SSSR count). The van der Waals surface area contributed by atoms with Crippen molar-refractivity contribution in [1.82, 2.24) is 4.90 Å². The molecule has 0 radical (unpaired) electrons. The highest BCUT2D eigenvalue weighted by Crippen LogP contribution is 2.45. The number of carbonyl (C=O) groups is 2. The van der Waals surface area contributed by atoms with Crippen molar-refractivity contribution in [2.24, 2.45) is 5.41 Å². The maximum atomic E-state index is 13.6. The zero-order valence-corrected chi connectivity index (χ0v) is 20.0. The number of hydrogen-bond donors (Lipinski definition) is 0. The topological polar surface area (TPSA) is 46.6 Å². The van der Waals surface area contributed by atoms with Gasteiger partial charge < -0.3 is 9.64 Å². The lowest BCUT2D eigenvalue weighted by Crippen LogP contribution is -2.39. The predicted molar refractivity (Wildman–Crippen MR) is 123 cm³/mol. The number of amides is 1. The fourth-order valence-corrected chi connectivity index (χ4v) is 5.65. The summed E-state index contributed by atoms with van der Waals surface area (Å²) in [5, 5.41) is -0.262. The van der Waals surface area contributed by atoms with Crippen LogP contribution in [0, 0.1) is 5.41 Å². The van der Waals surface area contributed by atoms with Crippen LogP contribution in [0.15, 0.2) is 30.3 Å². The van der Waals surface area contributed by atoms with E-state index in [2.05, 4.69) is 0 Å². The number of methoxy groups -OCH3 is 1. The Balaban J connectivity index is 1.61. The number of nitrogens with zero attached hydrogens (tertiary/aromatic N) is 1. The van der Waals surface area contributed by atoms with Crippen LogP contribution in [0.4, 0.5) is 13.2 Å². The van der Waals surface area contributed by atoms with Crippen molar-refractivity contribution in [2.75, 3.05) is 13.7 Å². The van der Waals surface area contributed by atoms with Gasteiger partial charge >= 0.3 is 12.1 Å². The van der Waals surface area contributed by atoms with Crippen molar-refractivity contribution in [3.8, 4) is 0 Å². The Morgan fingerprint density at radius 2 is 2.00 bits per heavy atom. The number of alkyl halides is 3. The van der Waals surface area contributed by atoms with Gasteiger partial charge in [-0.3, -0.25) is 4.79 Å². The van der Waals surface area contributed by atoms with Crippen molar-refractivity contribution in [3.63, 3.8) is 0 Å². The van der Waals surface area contributed by atoms with Crippen LogP contribution in [0.3, 0.4) is 0 Å². The average Bonchev–Trinajstić information content (AvgIpc) is 3.09. The Hall–Kier alpha value is -2.54. The number of carbonyl (C=O) groups excluding carboxylic acids is 2. The summed E-state index contributed by atoms with van der Waals surface area (Å²) >= 11 is 6.07. The van der Waals surface area contributed by atoms with Gasteiger partial charge in [-0.25, -0.2) is 4.79 Å². The van der Waals surface area contributed by atoms with Crippen LogP contribution in [-0.2, 0) is 41.5 Å². The third kappa shape index (κ3) is 4.42. The standard InChI is InChI=1S/C26H27ClF3NO3/c1-3-5-18-12-16(13-21(22(18)27)26(28,29)30)15-31-11-10-25(24(31)33)9-8-17-6-4-7-19(20(17)14-25)23(32)34-2/h4,6-7,12-13H,3,5,8-11,14-15H2,1-2H3. The lowest BCUT2D eigenvalue weighted by atomic mass is 9.69. The monoisotopic (exact) mass is 493 g/mol. The smallest absolute Gasteiger partial charge is 0.417 e. The van der Waals surface area contributed by atoms with E-state index in [9.17, 15) is 22.8 Å². The SMILES string of the molecule is CCCc1cc(CN2CCC3(CCc4cccc(C(=O)OC)c4C3)C2=O)cc(C(F)(F)F)c1Cl. The normalized spacial score (nSPS) is 20.1. The number of likely N-dealkylation sites (tertiary alicyclic amines) is 1. The van der Waals surface area contributed by atoms with Gasteiger partial charge in [-0.1, -0.05) is 43.1 Å². The molecule has 1 atom stereocenters. The molecule has 0 bridgehead atoms. The van der Waals surface area contributed by atoms with Crippen LogP contribution in [0.5, 0.6) is 0 Å². The molecule has 0 aromatic heterocycles. The van der Waals surface area contributed by atoms with Gasteiger partial charge in [0.25, 0.3) is 0 Å². The van der Waals surface area contributed by atoms with E-state index in [4.69, 9.17) is 16.3 Å². The first-order valence-corrected chi connectivity index (χ1v) is 11.8. The molecule has 2 aromatic rings. The highest BCUT2D eigenvalue weighted by Gasteiger charge is 2.48. The van der Waals surface area contributed by atoms with Gasteiger partial charge in [-0.15, -0.1) is 0 Å². The predicted octanol–water partition coefficient (Wildman–Crippen LogP) is 6.01. The third-order valence-corrected chi connectivity index (χ3v) is 7.52. The highest BCUT2D eigenvalue weighted by molar-refractivity contribution is 6.32. The second kappa shape index (κ2) is 9.25. The molecule has 1 aliphatic carbocycles. The van der Waals surface area contributed by atoms with Gasteiger partial charge in [0.2, 0.25) is 5.91 Å². The van der Waals surface area contributed by atoms with E-state index in [1.807, 2.05) is 19.1 Å². The summed E-state index contributed by atoms with van der Waals surface area (Å²) in [5.41, 5.74) is 1.72. The van der Waals surface area contributed by atoms with Gasteiger partial charge in [0.15, 0.2) is 0 Å². The third-order valence-electron chi connectivity index (χ3n) is 7.07. The zero-order valence-electron chi connectivity index (χ0n) is 19.2. The van der Waals surface area contributed by atoms with E-state index in [-0.39, 0.29) is 17.5 Å². The minimum absolute atomic E-state index is 0.0710. The van der Waals surface area contributed by atoms with Gasteiger partial charge in [-0.2, -0.15) is 13.2 Å². The maximum Gasteiger partial charge on any atom is 0.417 e. The summed E-state index contributed by atoms with van der Waals surface area (Å²) in [6.07, 6.45) is -1.13. The molecule has 34 heavy (non-hydrogen) atoms. The quantitative estimate of drug-likeness (QED) is 0.479. The molecule has 0 saturated carbocycles. The highest BCUT2D eigenvalue weighted by atomic mass is 35.5. The van der Waals surface area contributed by atoms with E-state index in [1.165, 1.54) is 7.11 Å². The summed E-state index contributed by atoms with van der Waals surface area (Å²) < 4.78 is 45.7. The molecule has 1 fully saturated rings. The fraction of sp³-hybridized carbons (Fsp3) is 0.462. The minimum Gasteiger partial charge on any atom is -0.465 e. The fourth-order valence-electron chi connectivity index (χ4n) is 5.34. The summed E-state index contributed by atoms with van der Waals surface area (Å²) in [6, 6.07) is 8.24. The summed E-state index contributed by atoms with van der Waals surface area (Å²) in [4.78, 5) is 27.5. The van der Waals surface area contributed by atoms with Crippen molar-refractivity contribution in [1.29, 1.82) is 0 Å². The molecular formula is C26H27ClF3NO3. The molecule has 4 nitrogen and oxygen atoms in total. The van der Waals surface area contributed by atoms with Gasteiger partial charge in [0.05, 0.1) is 28.7 Å². The molecule has 1 spiro atoms. The number of halogens is 4. The maximum absolute atomic E-state index is 13.6. The van der Waals surface area contributed by atoms with Crippen LogP contribution in [-0.4, -0.2) is 30.4 Å². The second-order valence-electron chi connectivity index (χ2n) is 9.23. The van der Waals surface area contributed by atoms with Crippen molar-refractivity contribution >= 4 is 23.5 Å². The van der Waals surface area contributed by atoms with Gasteiger partial charge in [-0.05, 0) is 66.5 Å². The van der Waals surface area contributed by atoms with E-state index in [1.54, 1.807) is 17.0 Å². The van der Waals surface area contributed by atoms with E-state index >= 15 is 0 Å². The summed E-state index contributed by atoms with van der Waals surface area (Å²) in [7, 11) is 1.33. The molecule has 2 aromatic carbocycles. The Labute approximate surface area is 202 Å².